The third kappa shape index (κ3) is 6.30. The van der Waals surface area contributed by atoms with Crippen LogP contribution in [0.15, 0.2) is 48.5 Å². The number of aromatic hydroxyl groups is 4. The fourth-order valence-electron chi connectivity index (χ4n) is 12.1. The molecule has 3 aliphatic carbocycles. The number of benzene rings is 4. The van der Waals surface area contributed by atoms with Crippen molar-refractivity contribution in [1.29, 1.82) is 0 Å². The van der Waals surface area contributed by atoms with Gasteiger partial charge in [-0.3, -0.25) is 0 Å². The molecule has 0 heterocycles. The number of phenolic OH excluding ortho intramolecular Hbond substituents is 4. The maximum atomic E-state index is 10.8. The van der Waals surface area contributed by atoms with Gasteiger partial charge in [-0.25, -0.2) is 0 Å². The van der Waals surface area contributed by atoms with E-state index in [0.717, 1.165) is 70.2 Å². The standard InChI is InChI=1S/C50H64O4/c1-30-22-40(23-31(2)44(30)51)49(41-24-32(3)45(52)33(4)25-41)18-12-38(13-19-49)48(16-10-9-11-17-48)39-14-20-50(21-15-39,42-26-34(5)46(53)35(6)27-42)43-28-36(7)47(54)37(8)29-43/h22-29,38-39,51-54H,9-21H2,1-8H3. The summed E-state index contributed by atoms with van der Waals surface area (Å²) < 4.78 is 0. The van der Waals surface area contributed by atoms with Crippen molar-refractivity contribution in [3.63, 3.8) is 0 Å². The van der Waals surface area contributed by atoms with E-state index in [1.54, 1.807) is 0 Å². The molecule has 3 saturated carbocycles. The largest absolute Gasteiger partial charge is 0.507 e. The summed E-state index contributed by atoms with van der Waals surface area (Å²) >= 11 is 0. The molecular weight excluding hydrogens is 665 g/mol. The molecule has 0 radical (unpaired) electrons. The number of hydrogen-bond acceptors (Lipinski definition) is 4. The Labute approximate surface area is 324 Å². The quantitative estimate of drug-likeness (QED) is 0.159. The lowest BCUT2D eigenvalue weighted by atomic mass is 9.49. The van der Waals surface area contributed by atoms with Gasteiger partial charge in [-0.15, -0.1) is 0 Å². The first-order valence-electron chi connectivity index (χ1n) is 20.8. The van der Waals surface area contributed by atoms with Gasteiger partial charge in [0.25, 0.3) is 0 Å². The van der Waals surface area contributed by atoms with E-state index in [1.807, 2.05) is 55.4 Å². The van der Waals surface area contributed by atoms with Gasteiger partial charge < -0.3 is 20.4 Å². The van der Waals surface area contributed by atoms with Crippen LogP contribution in [0, 0.1) is 72.6 Å². The average Bonchev–Trinajstić information content (AvgIpc) is 3.16. The van der Waals surface area contributed by atoms with Crippen molar-refractivity contribution in [3.8, 4) is 23.0 Å². The van der Waals surface area contributed by atoms with Crippen molar-refractivity contribution in [2.45, 2.75) is 150 Å². The maximum Gasteiger partial charge on any atom is 0.121 e. The molecule has 3 aliphatic rings. The maximum absolute atomic E-state index is 10.8. The highest BCUT2D eigenvalue weighted by atomic mass is 16.3. The van der Waals surface area contributed by atoms with Crippen LogP contribution in [0.4, 0.5) is 0 Å². The molecule has 0 atom stereocenters. The van der Waals surface area contributed by atoms with Crippen molar-refractivity contribution < 1.29 is 20.4 Å². The van der Waals surface area contributed by atoms with Crippen LogP contribution in [0.1, 0.15) is 150 Å². The fraction of sp³-hybridized carbons (Fsp3) is 0.520. The van der Waals surface area contributed by atoms with E-state index in [9.17, 15) is 20.4 Å². The molecule has 0 aliphatic heterocycles. The van der Waals surface area contributed by atoms with Gasteiger partial charge >= 0.3 is 0 Å². The van der Waals surface area contributed by atoms with E-state index in [2.05, 4.69) is 48.5 Å². The zero-order valence-corrected chi connectivity index (χ0v) is 34.3. The topological polar surface area (TPSA) is 80.9 Å². The van der Waals surface area contributed by atoms with Gasteiger partial charge in [0.05, 0.1) is 0 Å². The van der Waals surface area contributed by atoms with Crippen molar-refractivity contribution in [2.24, 2.45) is 17.3 Å². The molecular formula is C50H64O4. The predicted molar refractivity (Wildman–Crippen MR) is 221 cm³/mol. The fourth-order valence-corrected chi connectivity index (χ4v) is 12.1. The lowest BCUT2D eigenvalue weighted by molar-refractivity contribution is -0.0262. The van der Waals surface area contributed by atoms with Gasteiger partial charge in [0.15, 0.2) is 0 Å². The third-order valence-corrected chi connectivity index (χ3v) is 15.3. The van der Waals surface area contributed by atoms with E-state index in [0.29, 0.717) is 40.2 Å². The zero-order valence-electron chi connectivity index (χ0n) is 34.3. The van der Waals surface area contributed by atoms with Crippen LogP contribution in [-0.2, 0) is 10.8 Å². The van der Waals surface area contributed by atoms with Crippen molar-refractivity contribution in [3.05, 3.63) is 115 Å². The minimum Gasteiger partial charge on any atom is -0.507 e. The summed E-state index contributed by atoms with van der Waals surface area (Å²) in [4.78, 5) is 0. The van der Waals surface area contributed by atoms with Crippen LogP contribution < -0.4 is 0 Å². The predicted octanol–water partition coefficient (Wildman–Crippen LogP) is 12.6. The highest BCUT2D eigenvalue weighted by Gasteiger charge is 2.52. The van der Waals surface area contributed by atoms with E-state index >= 15 is 0 Å². The summed E-state index contributed by atoms with van der Waals surface area (Å²) in [6.07, 6.45) is 15.7. The summed E-state index contributed by atoms with van der Waals surface area (Å²) in [5, 5.41) is 43.2. The lowest BCUT2D eigenvalue weighted by Gasteiger charge is -2.56. The Hall–Kier alpha value is -3.92. The number of hydrogen-bond donors (Lipinski definition) is 4. The normalized spacial score (nSPS) is 20.2. The smallest absolute Gasteiger partial charge is 0.121 e. The first-order chi connectivity index (χ1) is 25.6. The molecule has 4 N–H and O–H groups in total. The number of aryl methyl sites for hydroxylation is 8. The Bertz CT molecular complexity index is 1700. The first kappa shape index (κ1) is 38.4. The summed E-state index contributed by atoms with van der Waals surface area (Å²) in [6.45, 7) is 16.2. The van der Waals surface area contributed by atoms with Crippen molar-refractivity contribution in [2.75, 3.05) is 0 Å². The molecule has 0 amide bonds. The molecule has 4 aromatic carbocycles. The van der Waals surface area contributed by atoms with Gasteiger partial charge in [-0.05, 0) is 204 Å². The molecule has 0 unspecified atom stereocenters. The molecule has 4 nitrogen and oxygen atoms in total. The zero-order chi connectivity index (χ0) is 38.7. The summed E-state index contributed by atoms with van der Waals surface area (Å²) in [5.41, 5.74) is 12.7. The molecule has 4 aromatic rings. The summed E-state index contributed by atoms with van der Waals surface area (Å²) in [6, 6.07) is 17.9. The second kappa shape index (κ2) is 14.3. The second-order valence-electron chi connectivity index (χ2n) is 18.3. The molecule has 0 saturated heterocycles. The van der Waals surface area contributed by atoms with E-state index < -0.39 is 0 Å². The molecule has 7 rings (SSSR count). The van der Waals surface area contributed by atoms with Gasteiger partial charge in [0, 0.05) is 10.8 Å². The number of rotatable bonds is 6. The highest BCUT2D eigenvalue weighted by molar-refractivity contribution is 5.54. The molecule has 288 valence electrons. The SMILES string of the molecule is Cc1cc(C2(c3cc(C)c(O)c(C)c3)CCC(C3(C4CCC(c5cc(C)c(O)c(C)c5)(c5cc(C)c(O)c(C)c5)CC4)CCCCC3)CC2)cc(C)c1O. The van der Waals surface area contributed by atoms with Gasteiger partial charge in [0.2, 0.25) is 0 Å². The molecule has 0 aromatic heterocycles. The van der Waals surface area contributed by atoms with Crippen LogP contribution in [0.3, 0.4) is 0 Å². The summed E-state index contributed by atoms with van der Waals surface area (Å²) in [7, 11) is 0. The first-order valence-corrected chi connectivity index (χ1v) is 20.8. The minimum atomic E-state index is -0.163. The van der Waals surface area contributed by atoms with Gasteiger partial charge in [-0.1, -0.05) is 67.8 Å². The Morgan fingerprint density at radius 2 is 0.574 bits per heavy atom. The third-order valence-electron chi connectivity index (χ3n) is 15.3. The van der Waals surface area contributed by atoms with Crippen molar-refractivity contribution in [1.82, 2.24) is 0 Å². The van der Waals surface area contributed by atoms with E-state index in [-0.39, 0.29) is 10.8 Å². The minimum absolute atomic E-state index is 0.163. The highest BCUT2D eigenvalue weighted by Crippen LogP contribution is 2.62. The second-order valence-corrected chi connectivity index (χ2v) is 18.3. The Morgan fingerprint density at radius 3 is 0.796 bits per heavy atom. The molecule has 4 heteroatoms. The van der Waals surface area contributed by atoms with Crippen LogP contribution in [0.2, 0.25) is 0 Å². The van der Waals surface area contributed by atoms with Gasteiger partial charge in [-0.2, -0.15) is 0 Å². The Kier molecular flexibility index (Phi) is 10.2. The van der Waals surface area contributed by atoms with Crippen LogP contribution in [0.5, 0.6) is 23.0 Å². The molecule has 0 bridgehead atoms. The van der Waals surface area contributed by atoms with Crippen LogP contribution >= 0.6 is 0 Å². The monoisotopic (exact) mass is 728 g/mol. The molecule has 3 fully saturated rings. The lowest BCUT2D eigenvalue weighted by Crippen LogP contribution is -2.47. The van der Waals surface area contributed by atoms with E-state index in [1.165, 1.54) is 80.0 Å². The van der Waals surface area contributed by atoms with Crippen LogP contribution in [0.25, 0.3) is 0 Å². The van der Waals surface area contributed by atoms with Crippen LogP contribution in [-0.4, -0.2) is 20.4 Å². The molecule has 54 heavy (non-hydrogen) atoms. The molecule has 0 spiro atoms. The van der Waals surface area contributed by atoms with Crippen molar-refractivity contribution >= 4 is 0 Å². The summed E-state index contributed by atoms with van der Waals surface area (Å²) in [5.74, 6) is 2.91. The Balaban J connectivity index is 1.24. The average molecular weight is 729 g/mol. The number of phenols is 4. The van der Waals surface area contributed by atoms with E-state index in [4.69, 9.17) is 0 Å². The van der Waals surface area contributed by atoms with Gasteiger partial charge in [0.1, 0.15) is 23.0 Å². The Morgan fingerprint density at radius 1 is 0.352 bits per heavy atom.